The van der Waals surface area contributed by atoms with Gasteiger partial charge in [-0.05, 0) is 40.4 Å². The highest BCUT2D eigenvalue weighted by molar-refractivity contribution is 9.10. The Labute approximate surface area is 146 Å². The van der Waals surface area contributed by atoms with E-state index in [1.54, 1.807) is 6.07 Å². The zero-order valence-corrected chi connectivity index (χ0v) is 15.3. The predicted octanol–water partition coefficient (Wildman–Crippen LogP) is 4.70. The van der Waals surface area contributed by atoms with Gasteiger partial charge in [0.15, 0.2) is 0 Å². The van der Waals surface area contributed by atoms with Crippen molar-refractivity contribution in [2.75, 3.05) is 11.9 Å². The number of carbonyl (C=O) groups excluding carboxylic acids is 2. The SMILES string of the molecule is CCCCC(CC)COC(=O)/C=C/C(=O)Nc1ccccc1Br. The Morgan fingerprint density at radius 1 is 1.26 bits per heavy atom. The Kier molecular flexibility index (Phi) is 9.29. The van der Waals surface area contributed by atoms with Crippen molar-refractivity contribution in [1.29, 1.82) is 0 Å². The number of ether oxygens (including phenoxy) is 1. The average molecular weight is 382 g/mol. The molecule has 0 saturated heterocycles. The molecule has 0 aliphatic heterocycles. The molecule has 0 aliphatic carbocycles. The summed E-state index contributed by atoms with van der Waals surface area (Å²) in [6, 6.07) is 7.28. The van der Waals surface area contributed by atoms with E-state index in [1.807, 2.05) is 18.2 Å². The third-order valence-corrected chi connectivity index (χ3v) is 4.20. The third-order valence-electron chi connectivity index (χ3n) is 3.51. The first-order valence-corrected chi connectivity index (χ1v) is 8.76. The fourth-order valence-electron chi connectivity index (χ4n) is 2.03. The molecule has 5 heteroatoms. The van der Waals surface area contributed by atoms with Gasteiger partial charge in [0.2, 0.25) is 5.91 Å². The monoisotopic (exact) mass is 381 g/mol. The van der Waals surface area contributed by atoms with E-state index in [1.165, 1.54) is 12.2 Å². The second-order valence-corrected chi connectivity index (χ2v) is 6.20. The summed E-state index contributed by atoms with van der Waals surface area (Å²) in [5.41, 5.74) is 0.654. The molecule has 23 heavy (non-hydrogen) atoms. The minimum Gasteiger partial charge on any atom is -0.462 e. The Balaban J connectivity index is 2.39. The van der Waals surface area contributed by atoms with Crippen LogP contribution in [-0.2, 0) is 14.3 Å². The standard InChI is InChI=1S/C18H24BrNO3/c1-3-5-8-14(4-2)13-23-18(22)12-11-17(21)20-16-10-7-6-9-15(16)19/h6-7,9-12,14H,3-5,8,13H2,1-2H3,(H,20,21)/b12-11+. The fourth-order valence-corrected chi connectivity index (χ4v) is 2.41. The van der Waals surface area contributed by atoms with Gasteiger partial charge in [-0.1, -0.05) is 45.2 Å². The normalized spacial score (nSPS) is 12.1. The lowest BCUT2D eigenvalue weighted by atomic mass is 10.0. The van der Waals surface area contributed by atoms with Gasteiger partial charge in [0.05, 0.1) is 12.3 Å². The molecule has 1 amide bonds. The predicted molar refractivity (Wildman–Crippen MR) is 96.2 cm³/mol. The number of nitrogens with one attached hydrogen (secondary N) is 1. The van der Waals surface area contributed by atoms with Crippen LogP contribution in [0.15, 0.2) is 40.9 Å². The van der Waals surface area contributed by atoms with Crippen LogP contribution in [-0.4, -0.2) is 18.5 Å². The molecule has 0 spiro atoms. The summed E-state index contributed by atoms with van der Waals surface area (Å²) in [6.45, 7) is 4.64. The van der Waals surface area contributed by atoms with Crippen LogP contribution in [0.4, 0.5) is 5.69 Å². The summed E-state index contributed by atoms with van der Waals surface area (Å²) < 4.78 is 5.98. The van der Waals surface area contributed by atoms with E-state index in [0.29, 0.717) is 18.2 Å². The molecule has 0 aromatic heterocycles. The van der Waals surface area contributed by atoms with Crippen LogP contribution in [0.25, 0.3) is 0 Å². The van der Waals surface area contributed by atoms with Crippen LogP contribution in [0.5, 0.6) is 0 Å². The van der Waals surface area contributed by atoms with E-state index in [-0.39, 0.29) is 5.91 Å². The van der Waals surface area contributed by atoms with Crippen LogP contribution in [0.2, 0.25) is 0 Å². The minimum absolute atomic E-state index is 0.369. The Hall–Kier alpha value is -1.62. The molecule has 0 radical (unpaired) electrons. The maximum absolute atomic E-state index is 11.8. The number of unbranched alkanes of at least 4 members (excludes halogenated alkanes) is 1. The molecule has 1 aromatic rings. The van der Waals surface area contributed by atoms with E-state index < -0.39 is 5.97 Å². The van der Waals surface area contributed by atoms with E-state index in [2.05, 4.69) is 35.1 Å². The molecule has 4 nitrogen and oxygen atoms in total. The summed E-state index contributed by atoms with van der Waals surface area (Å²) in [4.78, 5) is 23.4. The molecule has 0 aliphatic rings. The van der Waals surface area contributed by atoms with Gasteiger partial charge in [-0.3, -0.25) is 4.79 Å². The minimum atomic E-state index is -0.484. The first-order valence-electron chi connectivity index (χ1n) is 7.97. The van der Waals surface area contributed by atoms with Gasteiger partial charge in [-0.15, -0.1) is 0 Å². The number of para-hydroxylation sites is 1. The lowest BCUT2D eigenvalue weighted by Crippen LogP contribution is -2.13. The molecule has 0 heterocycles. The Morgan fingerprint density at radius 3 is 2.65 bits per heavy atom. The first kappa shape index (κ1) is 19.4. The van der Waals surface area contributed by atoms with Crippen molar-refractivity contribution in [3.05, 3.63) is 40.9 Å². The van der Waals surface area contributed by atoms with Gasteiger partial charge in [0.25, 0.3) is 0 Å². The Morgan fingerprint density at radius 2 is 2.00 bits per heavy atom. The third kappa shape index (κ3) is 7.98. The number of carbonyl (C=O) groups is 2. The van der Waals surface area contributed by atoms with E-state index in [9.17, 15) is 9.59 Å². The largest absolute Gasteiger partial charge is 0.462 e. The molecule has 1 rings (SSSR count). The summed E-state index contributed by atoms with van der Waals surface area (Å²) >= 11 is 3.34. The second kappa shape index (κ2) is 11.0. The number of hydrogen-bond donors (Lipinski definition) is 1. The van der Waals surface area contributed by atoms with Gasteiger partial charge >= 0.3 is 5.97 Å². The van der Waals surface area contributed by atoms with Crippen molar-refractivity contribution in [3.63, 3.8) is 0 Å². The zero-order valence-electron chi connectivity index (χ0n) is 13.7. The molecule has 1 aromatic carbocycles. The first-order chi connectivity index (χ1) is 11.1. The van der Waals surface area contributed by atoms with Crippen LogP contribution < -0.4 is 5.32 Å². The van der Waals surface area contributed by atoms with Crippen LogP contribution in [0.1, 0.15) is 39.5 Å². The number of benzene rings is 1. The van der Waals surface area contributed by atoms with Crippen LogP contribution in [0, 0.1) is 5.92 Å². The zero-order chi connectivity index (χ0) is 17.1. The highest BCUT2D eigenvalue weighted by atomic mass is 79.9. The molecular weight excluding hydrogens is 358 g/mol. The Bertz CT molecular complexity index is 543. The quantitative estimate of drug-likeness (QED) is 0.497. The molecule has 0 bridgehead atoms. The number of amides is 1. The molecule has 0 fully saturated rings. The van der Waals surface area contributed by atoms with Gasteiger partial charge in [0.1, 0.15) is 0 Å². The highest BCUT2D eigenvalue weighted by Crippen LogP contribution is 2.21. The van der Waals surface area contributed by atoms with Gasteiger partial charge < -0.3 is 10.1 Å². The van der Waals surface area contributed by atoms with Crippen LogP contribution >= 0.6 is 15.9 Å². The second-order valence-electron chi connectivity index (χ2n) is 5.35. The number of hydrogen-bond acceptors (Lipinski definition) is 3. The van der Waals surface area contributed by atoms with E-state index >= 15 is 0 Å². The number of halogens is 1. The fraction of sp³-hybridized carbons (Fsp3) is 0.444. The summed E-state index contributed by atoms with van der Waals surface area (Å²) in [7, 11) is 0. The smallest absolute Gasteiger partial charge is 0.330 e. The van der Waals surface area contributed by atoms with E-state index in [0.717, 1.165) is 30.2 Å². The summed E-state index contributed by atoms with van der Waals surface area (Å²) in [6.07, 6.45) is 6.68. The van der Waals surface area contributed by atoms with Crippen molar-refractivity contribution >= 4 is 33.5 Å². The maximum Gasteiger partial charge on any atom is 0.330 e. The topological polar surface area (TPSA) is 55.4 Å². The van der Waals surface area contributed by atoms with Crippen molar-refractivity contribution in [1.82, 2.24) is 0 Å². The summed E-state index contributed by atoms with van der Waals surface area (Å²) in [5.74, 6) is -0.462. The molecule has 1 unspecified atom stereocenters. The van der Waals surface area contributed by atoms with Gasteiger partial charge in [-0.2, -0.15) is 0 Å². The average Bonchev–Trinajstić information content (AvgIpc) is 2.55. The van der Waals surface area contributed by atoms with E-state index in [4.69, 9.17) is 4.74 Å². The highest BCUT2D eigenvalue weighted by Gasteiger charge is 2.09. The lowest BCUT2D eigenvalue weighted by molar-refractivity contribution is -0.139. The van der Waals surface area contributed by atoms with Crippen molar-refractivity contribution < 1.29 is 14.3 Å². The van der Waals surface area contributed by atoms with Crippen LogP contribution in [0.3, 0.4) is 0 Å². The van der Waals surface area contributed by atoms with Crippen molar-refractivity contribution in [2.45, 2.75) is 39.5 Å². The number of anilines is 1. The number of esters is 1. The molecule has 126 valence electrons. The molecule has 1 N–H and O–H groups in total. The maximum atomic E-state index is 11.8. The van der Waals surface area contributed by atoms with Crippen molar-refractivity contribution in [3.8, 4) is 0 Å². The van der Waals surface area contributed by atoms with Crippen molar-refractivity contribution in [2.24, 2.45) is 5.92 Å². The summed E-state index contributed by atoms with van der Waals surface area (Å²) in [5, 5.41) is 2.69. The number of rotatable bonds is 9. The molecule has 1 atom stereocenters. The van der Waals surface area contributed by atoms with Gasteiger partial charge in [-0.25, -0.2) is 4.79 Å². The molecule has 0 saturated carbocycles. The molecular formula is C18H24BrNO3. The lowest BCUT2D eigenvalue weighted by Gasteiger charge is -2.13. The van der Waals surface area contributed by atoms with Gasteiger partial charge in [0, 0.05) is 16.6 Å².